The molecule has 3 aromatic rings. The molecule has 1 amide bonds. The molecule has 0 spiro atoms. The second-order valence-electron chi connectivity index (χ2n) is 7.05. The second-order valence-corrected chi connectivity index (χ2v) is 8.99. The Morgan fingerprint density at radius 1 is 0.900 bits per heavy atom. The van der Waals surface area contributed by atoms with Gasteiger partial charge in [0.15, 0.2) is 6.61 Å². The average molecular weight is 423 g/mol. The maximum atomic E-state index is 13.5. The van der Waals surface area contributed by atoms with E-state index >= 15 is 0 Å². The molecule has 6 nitrogen and oxygen atoms in total. The van der Waals surface area contributed by atoms with Crippen LogP contribution in [0.1, 0.15) is 11.1 Å². The Bertz CT molecular complexity index is 1130. The fourth-order valence-corrected chi connectivity index (χ4v) is 4.78. The van der Waals surface area contributed by atoms with Gasteiger partial charge in [-0.1, -0.05) is 60.7 Å². The number of sulfonamides is 1. The predicted octanol–water partition coefficient (Wildman–Crippen LogP) is 3.45. The number of carbonyl (C=O) groups excluding carboxylic acids is 1. The van der Waals surface area contributed by atoms with E-state index in [1.165, 1.54) is 16.4 Å². The summed E-state index contributed by atoms with van der Waals surface area (Å²) in [7, 11) is -3.78. The Hall–Kier alpha value is -3.16. The number of ether oxygens (including phenoxy) is 1. The van der Waals surface area contributed by atoms with Crippen molar-refractivity contribution < 1.29 is 17.9 Å². The molecule has 0 atom stereocenters. The van der Waals surface area contributed by atoms with E-state index in [4.69, 9.17) is 4.74 Å². The standard InChI is InChI=1S/C23H22N2O4S/c26-23-17-29-22-15-20(11-12-21(22)24-23)30(27,28)25(16-19-9-5-2-6-10-19)14-13-18-7-3-1-4-8-18/h1-12,15H,13-14,16-17H2,(H,24,26). The van der Waals surface area contributed by atoms with Crippen molar-refractivity contribution >= 4 is 21.6 Å². The van der Waals surface area contributed by atoms with Crippen LogP contribution >= 0.6 is 0 Å². The lowest BCUT2D eigenvalue weighted by atomic mass is 10.1. The van der Waals surface area contributed by atoms with Crippen molar-refractivity contribution in [2.45, 2.75) is 17.9 Å². The van der Waals surface area contributed by atoms with Gasteiger partial charge in [-0.2, -0.15) is 4.31 Å². The van der Waals surface area contributed by atoms with Gasteiger partial charge in [0.05, 0.1) is 10.6 Å². The van der Waals surface area contributed by atoms with Crippen LogP contribution in [0, 0.1) is 0 Å². The van der Waals surface area contributed by atoms with E-state index in [9.17, 15) is 13.2 Å². The summed E-state index contributed by atoms with van der Waals surface area (Å²) in [5.74, 6) is 0.102. The largest absolute Gasteiger partial charge is 0.482 e. The molecule has 4 rings (SSSR count). The lowest BCUT2D eigenvalue weighted by Gasteiger charge is -2.24. The van der Waals surface area contributed by atoms with Crippen LogP contribution in [-0.4, -0.2) is 31.8 Å². The van der Waals surface area contributed by atoms with Crippen molar-refractivity contribution in [3.05, 3.63) is 90.0 Å². The predicted molar refractivity (Wildman–Crippen MR) is 115 cm³/mol. The normalized spacial score (nSPS) is 13.4. The van der Waals surface area contributed by atoms with Crippen molar-refractivity contribution in [3.8, 4) is 5.75 Å². The first-order chi connectivity index (χ1) is 14.5. The number of nitrogens with zero attached hydrogens (tertiary/aromatic N) is 1. The molecule has 0 radical (unpaired) electrons. The highest BCUT2D eigenvalue weighted by Gasteiger charge is 2.27. The fraction of sp³-hybridized carbons (Fsp3) is 0.174. The van der Waals surface area contributed by atoms with Crippen molar-refractivity contribution in [2.75, 3.05) is 18.5 Å². The second kappa shape index (κ2) is 8.69. The van der Waals surface area contributed by atoms with Gasteiger partial charge in [-0.05, 0) is 29.7 Å². The first kappa shape index (κ1) is 20.1. The van der Waals surface area contributed by atoms with Gasteiger partial charge in [0.25, 0.3) is 5.91 Å². The van der Waals surface area contributed by atoms with E-state index in [2.05, 4.69) is 5.32 Å². The Balaban J connectivity index is 1.63. The highest BCUT2D eigenvalue weighted by molar-refractivity contribution is 7.89. The highest BCUT2D eigenvalue weighted by atomic mass is 32.2. The van der Waals surface area contributed by atoms with E-state index in [0.29, 0.717) is 24.4 Å². The maximum absolute atomic E-state index is 13.5. The molecule has 7 heteroatoms. The summed E-state index contributed by atoms with van der Waals surface area (Å²) < 4.78 is 33.9. The molecule has 1 heterocycles. The van der Waals surface area contributed by atoms with Crippen molar-refractivity contribution in [3.63, 3.8) is 0 Å². The summed E-state index contributed by atoms with van der Waals surface area (Å²) >= 11 is 0. The molecule has 1 aliphatic heterocycles. The minimum absolute atomic E-state index is 0.127. The van der Waals surface area contributed by atoms with Gasteiger partial charge < -0.3 is 10.1 Å². The number of benzene rings is 3. The van der Waals surface area contributed by atoms with Gasteiger partial charge in [0, 0.05) is 19.2 Å². The maximum Gasteiger partial charge on any atom is 0.262 e. The number of rotatable bonds is 7. The summed E-state index contributed by atoms with van der Waals surface area (Å²) in [6, 6.07) is 23.9. The minimum Gasteiger partial charge on any atom is -0.482 e. The molecule has 0 aliphatic carbocycles. The smallest absolute Gasteiger partial charge is 0.262 e. The van der Waals surface area contributed by atoms with Gasteiger partial charge in [-0.15, -0.1) is 0 Å². The molecule has 154 valence electrons. The van der Waals surface area contributed by atoms with Crippen LogP contribution in [0.15, 0.2) is 83.8 Å². The summed E-state index contributed by atoms with van der Waals surface area (Å²) in [6.07, 6.45) is 0.602. The quantitative estimate of drug-likeness (QED) is 0.633. The zero-order valence-electron chi connectivity index (χ0n) is 16.3. The van der Waals surface area contributed by atoms with Crippen LogP contribution in [0.25, 0.3) is 0 Å². The van der Waals surface area contributed by atoms with Gasteiger partial charge in [-0.3, -0.25) is 4.79 Å². The zero-order valence-corrected chi connectivity index (χ0v) is 17.1. The average Bonchev–Trinajstić information content (AvgIpc) is 2.77. The molecule has 30 heavy (non-hydrogen) atoms. The Morgan fingerprint density at radius 3 is 2.27 bits per heavy atom. The molecular formula is C23H22N2O4S. The Morgan fingerprint density at radius 2 is 1.57 bits per heavy atom. The number of hydrogen-bond acceptors (Lipinski definition) is 4. The number of amides is 1. The van der Waals surface area contributed by atoms with Gasteiger partial charge in [0.1, 0.15) is 5.75 Å². The van der Waals surface area contributed by atoms with E-state index in [1.54, 1.807) is 6.07 Å². The third kappa shape index (κ3) is 4.53. The number of hydrogen-bond donors (Lipinski definition) is 1. The molecular weight excluding hydrogens is 400 g/mol. The molecule has 0 fully saturated rings. The summed E-state index contributed by atoms with van der Waals surface area (Å²) in [5, 5.41) is 2.68. The molecule has 0 saturated heterocycles. The monoisotopic (exact) mass is 422 g/mol. The Labute approximate surface area is 176 Å². The van der Waals surface area contributed by atoms with Crippen molar-refractivity contribution in [1.82, 2.24) is 4.31 Å². The lowest BCUT2D eigenvalue weighted by Crippen LogP contribution is -2.33. The third-order valence-electron chi connectivity index (χ3n) is 4.92. The number of carbonyl (C=O) groups is 1. The van der Waals surface area contributed by atoms with Crippen LogP contribution < -0.4 is 10.1 Å². The fourth-order valence-electron chi connectivity index (χ4n) is 3.33. The van der Waals surface area contributed by atoms with Crippen LogP contribution in [0.3, 0.4) is 0 Å². The first-order valence-corrected chi connectivity index (χ1v) is 11.1. The van der Waals surface area contributed by atoms with Crippen molar-refractivity contribution in [2.24, 2.45) is 0 Å². The topological polar surface area (TPSA) is 75.7 Å². The first-order valence-electron chi connectivity index (χ1n) is 9.67. The van der Waals surface area contributed by atoms with E-state index in [1.807, 2.05) is 60.7 Å². The number of nitrogens with one attached hydrogen (secondary N) is 1. The van der Waals surface area contributed by atoms with Crippen LogP contribution in [-0.2, 0) is 27.8 Å². The molecule has 0 unspecified atom stereocenters. The summed E-state index contributed by atoms with van der Waals surface area (Å²) in [5.41, 5.74) is 2.46. The molecule has 0 saturated carbocycles. The lowest BCUT2D eigenvalue weighted by molar-refractivity contribution is -0.118. The van der Waals surface area contributed by atoms with E-state index in [-0.39, 0.29) is 24.0 Å². The molecule has 1 N–H and O–H groups in total. The summed E-state index contributed by atoms with van der Waals surface area (Å²) in [4.78, 5) is 11.6. The Kier molecular flexibility index (Phi) is 5.83. The number of anilines is 1. The van der Waals surface area contributed by atoms with E-state index < -0.39 is 10.0 Å². The minimum atomic E-state index is -3.78. The van der Waals surface area contributed by atoms with Gasteiger partial charge >= 0.3 is 0 Å². The van der Waals surface area contributed by atoms with Crippen molar-refractivity contribution in [1.29, 1.82) is 0 Å². The van der Waals surface area contributed by atoms with Crippen LogP contribution in [0.5, 0.6) is 5.75 Å². The van der Waals surface area contributed by atoms with Crippen LogP contribution in [0.2, 0.25) is 0 Å². The SMILES string of the molecule is O=C1COc2cc(S(=O)(=O)N(CCc3ccccc3)Cc3ccccc3)ccc2N1. The molecule has 0 bridgehead atoms. The molecule has 1 aliphatic rings. The van der Waals surface area contributed by atoms with Gasteiger partial charge in [-0.25, -0.2) is 8.42 Å². The third-order valence-corrected chi connectivity index (χ3v) is 6.76. The zero-order chi connectivity index (χ0) is 21.0. The summed E-state index contributed by atoms with van der Waals surface area (Å²) in [6.45, 7) is 0.485. The number of fused-ring (bicyclic) bond motifs is 1. The molecule has 3 aromatic carbocycles. The van der Waals surface area contributed by atoms with Crippen LogP contribution in [0.4, 0.5) is 5.69 Å². The highest BCUT2D eigenvalue weighted by Crippen LogP contribution is 2.31. The van der Waals surface area contributed by atoms with E-state index in [0.717, 1.165) is 11.1 Å². The molecule has 0 aromatic heterocycles. The van der Waals surface area contributed by atoms with Gasteiger partial charge in [0.2, 0.25) is 10.0 Å².